The van der Waals surface area contributed by atoms with Crippen LogP contribution in [-0.2, 0) is 31.7 Å². The minimum atomic E-state index is -3.42. The van der Waals surface area contributed by atoms with Crippen molar-refractivity contribution in [3.63, 3.8) is 0 Å². The van der Waals surface area contributed by atoms with Crippen LogP contribution in [0.15, 0.2) is 24.3 Å². The average molecular weight is 509 g/mol. The van der Waals surface area contributed by atoms with E-state index in [0.29, 0.717) is 25.6 Å². The molecule has 2 unspecified atom stereocenters. The maximum absolute atomic E-state index is 13.8. The van der Waals surface area contributed by atoms with Crippen molar-refractivity contribution in [2.75, 3.05) is 37.4 Å². The third kappa shape index (κ3) is 3.97. The van der Waals surface area contributed by atoms with Crippen LogP contribution in [-0.4, -0.2) is 64.6 Å². The Morgan fingerprint density at radius 2 is 1.74 bits per heavy atom. The molecule has 2 saturated carbocycles. The van der Waals surface area contributed by atoms with Crippen LogP contribution in [0.4, 0.5) is 0 Å². The molecule has 4 aliphatic rings. The van der Waals surface area contributed by atoms with Crippen molar-refractivity contribution >= 4 is 19.9 Å². The minimum absolute atomic E-state index is 0.0515. The Morgan fingerprint density at radius 3 is 2.41 bits per heavy atom. The largest absolute Gasteiger partial charge is 0.312 e. The number of sulfonamides is 1. The van der Waals surface area contributed by atoms with Crippen molar-refractivity contribution in [1.82, 2.24) is 9.62 Å². The summed E-state index contributed by atoms with van der Waals surface area (Å²) in [5.41, 5.74) is 2.59. The van der Waals surface area contributed by atoms with E-state index in [1.54, 1.807) is 4.31 Å². The van der Waals surface area contributed by atoms with E-state index in [4.69, 9.17) is 0 Å². The Hall–Kier alpha value is -0.960. The fourth-order valence-electron chi connectivity index (χ4n) is 8.02. The predicted molar refractivity (Wildman–Crippen MR) is 136 cm³/mol. The van der Waals surface area contributed by atoms with Gasteiger partial charge in [-0.3, -0.25) is 0 Å². The molecular weight excluding hydrogens is 468 g/mol. The summed E-state index contributed by atoms with van der Waals surface area (Å²) in [4.78, 5) is 0. The number of nitrogens with zero attached hydrogens (tertiary/aromatic N) is 1. The molecule has 3 atom stereocenters. The first-order chi connectivity index (χ1) is 15.9. The van der Waals surface area contributed by atoms with Crippen molar-refractivity contribution in [2.45, 2.75) is 70.3 Å². The first kappa shape index (κ1) is 24.7. The quantitative estimate of drug-likeness (QED) is 0.612. The Morgan fingerprint density at radius 1 is 1.03 bits per heavy atom. The molecule has 0 radical (unpaired) electrons. The smallest absolute Gasteiger partial charge is 0.214 e. The number of benzene rings is 1. The second-order valence-corrected chi connectivity index (χ2v) is 16.3. The zero-order chi connectivity index (χ0) is 24.4. The van der Waals surface area contributed by atoms with Crippen LogP contribution in [0, 0.1) is 16.7 Å². The summed E-state index contributed by atoms with van der Waals surface area (Å²) < 4.78 is 52.7. The molecule has 0 amide bonds. The number of sulfone groups is 1. The van der Waals surface area contributed by atoms with E-state index in [2.05, 4.69) is 43.4 Å². The fourth-order valence-corrected chi connectivity index (χ4v) is 10.8. The van der Waals surface area contributed by atoms with Crippen LogP contribution < -0.4 is 5.32 Å². The van der Waals surface area contributed by atoms with Crippen LogP contribution in [0.3, 0.4) is 0 Å². The molecule has 1 aromatic rings. The van der Waals surface area contributed by atoms with Gasteiger partial charge in [0.15, 0.2) is 0 Å². The van der Waals surface area contributed by atoms with Gasteiger partial charge < -0.3 is 5.32 Å². The van der Waals surface area contributed by atoms with Crippen LogP contribution in [0.25, 0.3) is 0 Å². The van der Waals surface area contributed by atoms with Gasteiger partial charge in [0.1, 0.15) is 9.84 Å². The van der Waals surface area contributed by atoms with Crippen molar-refractivity contribution < 1.29 is 16.8 Å². The van der Waals surface area contributed by atoms with Crippen molar-refractivity contribution in [1.29, 1.82) is 0 Å². The highest BCUT2D eigenvalue weighted by molar-refractivity contribution is 7.90. The van der Waals surface area contributed by atoms with Crippen LogP contribution in [0.5, 0.6) is 0 Å². The van der Waals surface area contributed by atoms with E-state index >= 15 is 0 Å². The van der Waals surface area contributed by atoms with Crippen LogP contribution in [0.2, 0.25) is 0 Å². The molecule has 1 aromatic carbocycles. The van der Waals surface area contributed by atoms with Gasteiger partial charge >= 0.3 is 0 Å². The Bertz CT molecular complexity index is 1150. The van der Waals surface area contributed by atoms with E-state index in [1.165, 1.54) is 17.4 Å². The molecule has 34 heavy (non-hydrogen) atoms. The molecule has 1 N–H and O–H groups in total. The van der Waals surface area contributed by atoms with Crippen LogP contribution in [0.1, 0.15) is 63.5 Å². The molecule has 1 heterocycles. The van der Waals surface area contributed by atoms with E-state index in [-0.39, 0.29) is 33.8 Å². The van der Waals surface area contributed by atoms with E-state index < -0.39 is 19.9 Å². The number of nitrogens with one attached hydrogen (secondary N) is 1. The zero-order valence-corrected chi connectivity index (χ0v) is 22.5. The van der Waals surface area contributed by atoms with Crippen molar-refractivity contribution in [3.8, 4) is 0 Å². The normalized spacial score (nSPS) is 32.3. The van der Waals surface area contributed by atoms with Crippen LogP contribution >= 0.6 is 0 Å². The molecule has 0 aromatic heterocycles. The summed E-state index contributed by atoms with van der Waals surface area (Å²) in [7, 11) is -6.47. The molecule has 8 heteroatoms. The molecule has 190 valence electrons. The van der Waals surface area contributed by atoms with E-state index in [9.17, 15) is 16.8 Å². The number of rotatable bonds is 7. The first-order valence-electron chi connectivity index (χ1n) is 12.9. The molecule has 3 aliphatic carbocycles. The monoisotopic (exact) mass is 508 g/mol. The van der Waals surface area contributed by atoms with Gasteiger partial charge in [-0.05, 0) is 72.8 Å². The van der Waals surface area contributed by atoms with E-state index in [1.807, 2.05) is 0 Å². The lowest BCUT2D eigenvalue weighted by Crippen LogP contribution is -2.54. The molecule has 1 aliphatic heterocycles. The van der Waals surface area contributed by atoms with Crippen molar-refractivity contribution in [2.24, 2.45) is 16.7 Å². The minimum Gasteiger partial charge on any atom is -0.312 e. The predicted octanol–water partition coefficient (Wildman–Crippen LogP) is 3.13. The maximum Gasteiger partial charge on any atom is 0.214 e. The fraction of sp³-hybridized carbons (Fsp3) is 0.769. The zero-order valence-electron chi connectivity index (χ0n) is 20.8. The summed E-state index contributed by atoms with van der Waals surface area (Å²) >= 11 is 0. The summed E-state index contributed by atoms with van der Waals surface area (Å²) in [6.45, 7) is 6.06. The van der Waals surface area contributed by atoms with Gasteiger partial charge in [0.05, 0.1) is 11.5 Å². The highest BCUT2D eigenvalue weighted by Gasteiger charge is 2.65. The van der Waals surface area contributed by atoms with Gasteiger partial charge in [-0.15, -0.1) is 0 Å². The summed E-state index contributed by atoms with van der Waals surface area (Å²) in [6.07, 6.45) is 8.18. The SMILES string of the molecule is CC1(C)C2CC[C@@]1(CS(=O)(=O)N1CCC3(CCc4ccccc43)CC1)C(NCCS(C)(=O)=O)C2. The lowest BCUT2D eigenvalue weighted by Gasteiger charge is -2.45. The Labute approximate surface area is 205 Å². The standard InChI is InChI=1S/C26H40N2O4S2/c1-24(2)21-9-11-26(24,23(18-21)27-14-17-33(3,29)30)19-34(31,32)28-15-12-25(13-16-28)10-8-20-6-4-5-7-22(20)25/h4-7,21,23,27H,8-19H2,1-3H3/t21?,23?,26-/m1/s1. The molecule has 3 fully saturated rings. The maximum atomic E-state index is 13.8. The molecule has 2 bridgehead atoms. The average Bonchev–Trinajstić information content (AvgIpc) is 3.30. The third-order valence-electron chi connectivity index (χ3n) is 10.3. The second-order valence-electron chi connectivity index (χ2n) is 12.1. The van der Waals surface area contributed by atoms with Crippen molar-refractivity contribution in [3.05, 3.63) is 35.4 Å². The highest BCUT2D eigenvalue weighted by Crippen LogP contribution is 2.66. The molecule has 6 nitrogen and oxygen atoms in total. The lowest BCUT2D eigenvalue weighted by molar-refractivity contribution is 0.122. The summed E-state index contributed by atoms with van der Waals surface area (Å²) in [5, 5.41) is 3.48. The Kier molecular flexibility index (Phi) is 6.02. The first-order valence-corrected chi connectivity index (χ1v) is 16.5. The van der Waals surface area contributed by atoms with Gasteiger partial charge in [0.25, 0.3) is 0 Å². The molecule has 1 saturated heterocycles. The molecule has 1 spiro atoms. The number of aryl methyl sites for hydroxylation is 1. The summed E-state index contributed by atoms with van der Waals surface area (Å²) in [5.74, 6) is 0.745. The molecular formula is C26H40N2O4S2. The lowest BCUT2D eigenvalue weighted by atomic mass is 9.69. The number of fused-ring (bicyclic) bond motifs is 4. The topological polar surface area (TPSA) is 83.6 Å². The van der Waals surface area contributed by atoms with Gasteiger partial charge in [0.2, 0.25) is 10.0 Å². The highest BCUT2D eigenvalue weighted by atomic mass is 32.2. The summed E-state index contributed by atoms with van der Waals surface area (Å²) in [6, 6.07) is 8.74. The van der Waals surface area contributed by atoms with Gasteiger partial charge in [-0.25, -0.2) is 21.1 Å². The van der Waals surface area contributed by atoms with E-state index in [0.717, 1.165) is 44.9 Å². The second kappa shape index (κ2) is 8.29. The number of hydrogen-bond acceptors (Lipinski definition) is 5. The van der Waals surface area contributed by atoms with Gasteiger partial charge in [-0.1, -0.05) is 38.1 Å². The number of hydrogen-bond donors (Lipinski definition) is 1. The Balaban J connectivity index is 1.31. The van der Waals surface area contributed by atoms with Gasteiger partial charge in [-0.2, -0.15) is 0 Å². The molecule has 5 rings (SSSR count). The van der Waals surface area contributed by atoms with Gasteiger partial charge in [0, 0.05) is 37.3 Å². The number of piperidine rings is 1. The third-order valence-corrected chi connectivity index (χ3v) is 13.2.